The van der Waals surface area contributed by atoms with E-state index in [1.807, 2.05) is 48.7 Å². The molecule has 16 nitrogen and oxygen atoms in total. The Kier molecular flexibility index (Phi) is 10.7. The van der Waals surface area contributed by atoms with Gasteiger partial charge in [-0.2, -0.15) is 9.90 Å². The number of aromatic amines is 1. The van der Waals surface area contributed by atoms with Crippen LogP contribution in [0, 0.1) is 19.8 Å². The standard InChI is InChI=1S/C40H47N9O7S2/c1-23-19-30(24(2)42-23)35(50)43-31-10-8-6-4-5-7-9-26-21-40(26,39(53)47-58(54,55)29-15-16-29)44-36(51)32-20-27(22-48(32)38(31)52)49-45-33(25-11-13-28(56-3)14-12-25)34(46-49)37-41-17-18-57-37/h7,9,11-14,17-19,26-27,29,31-32,42H,4-6,8,10,15-16,20-22H2,1-3H3,(H,43,50)(H,44,51)(H,47,53)/b9-7+/t26-,27-,31-,32+,40-/m1/s1. The average Bonchev–Trinajstić information content (AvgIpc) is 3.86. The van der Waals surface area contributed by atoms with E-state index in [1.54, 1.807) is 26.3 Å². The van der Waals surface area contributed by atoms with Gasteiger partial charge in [-0.3, -0.25) is 23.9 Å². The maximum atomic E-state index is 14.8. The van der Waals surface area contributed by atoms with Gasteiger partial charge in [0.25, 0.3) is 11.8 Å². The molecule has 4 N–H and O–H groups in total. The van der Waals surface area contributed by atoms with Crippen LogP contribution in [0.4, 0.5) is 0 Å². The molecule has 0 bridgehead atoms. The van der Waals surface area contributed by atoms with Gasteiger partial charge in [-0.1, -0.05) is 25.0 Å². The maximum Gasteiger partial charge on any atom is 0.259 e. The Morgan fingerprint density at radius 3 is 2.50 bits per heavy atom. The SMILES string of the molecule is COc1ccc(-c2nn([C@@H]3C[C@H]4C(=O)N[C@]5(C(=O)NS(=O)(=O)C6CC6)C[C@H]5/C=C/CCCCC[C@@H](NC(=O)c5cc(C)[nH]c5C)C(=O)N4C3)nc2-c2nccs2)cc1. The molecule has 1 aromatic carbocycles. The third-order valence-corrected chi connectivity index (χ3v) is 14.1. The third-order valence-electron chi connectivity index (χ3n) is 11.5. The monoisotopic (exact) mass is 829 g/mol. The van der Waals surface area contributed by atoms with Gasteiger partial charge in [0.2, 0.25) is 21.8 Å². The van der Waals surface area contributed by atoms with Crippen molar-refractivity contribution in [3.05, 3.63) is 71.0 Å². The van der Waals surface area contributed by atoms with Crippen LogP contribution in [0.2, 0.25) is 0 Å². The van der Waals surface area contributed by atoms with Crippen molar-refractivity contribution in [3.63, 3.8) is 0 Å². The van der Waals surface area contributed by atoms with Crippen LogP contribution in [0.5, 0.6) is 5.75 Å². The van der Waals surface area contributed by atoms with E-state index in [0.717, 1.165) is 24.1 Å². The summed E-state index contributed by atoms with van der Waals surface area (Å²) in [4.78, 5) is 67.6. The number of H-pyrrole nitrogens is 1. The van der Waals surface area contributed by atoms with E-state index in [9.17, 15) is 27.6 Å². The predicted molar refractivity (Wildman–Crippen MR) is 215 cm³/mol. The summed E-state index contributed by atoms with van der Waals surface area (Å²) in [5.74, 6) is -2.00. The number of thiazole rings is 1. The summed E-state index contributed by atoms with van der Waals surface area (Å²) in [6.07, 6.45) is 10.0. The van der Waals surface area contributed by atoms with Crippen LogP contribution in [0.15, 0.2) is 54.1 Å². The quantitative estimate of drug-likeness (QED) is 0.179. The van der Waals surface area contributed by atoms with Crippen molar-refractivity contribution in [1.29, 1.82) is 0 Å². The van der Waals surface area contributed by atoms with Gasteiger partial charge < -0.3 is 25.3 Å². The Balaban J connectivity index is 1.15. The first kappa shape index (κ1) is 39.5. The molecule has 18 heteroatoms. The van der Waals surface area contributed by atoms with Gasteiger partial charge in [0, 0.05) is 47.4 Å². The highest BCUT2D eigenvalue weighted by Gasteiger charge is 2.62. The number of benzene rings is 1. The van der Waals surface area contributed by atoms with E-state index < -0.39 is 68.5 Å². The highest BCUT2D eigenvalue weighted by Crippen LogP contribution is 2.46. The Morgan fingerprint density at radius 1 is 1.03 bits per heavy atom. The average molecular weight is 830 g/mol. The topological polar surface area (TPSA) is 210 Å². The third kappa shape index (κ3) is 7.90. The van der Waals surface area contributed by atoms with Crippen LogP contribution >= 0.6 is 11.3 Å². The molecular weight excluding hydrogens is 783 g/mol. The zero-order valence-electron chi connectivity index (χ0n) is 32.6. The summed E-state index contributed by atoms with van der Waals surface area (Å²) in [5.41, 5.74) is 2.24. The fourth-order valence-corrected chi connectivity index (χ4v) is 10.0. The predicted octanol–water partition coefficient (Wildman–Crippen LogP) is 3.97. The second-order valence-corrected chi connectivity index (χ2v) is 18.6. The van der Waals surface area contributed by atoms with Crippen molar-refractivity contribution in [2.24, 2.45) is 5.92 Å². The van der Waals surface area contributed by atoms with Gasteiger partial charge in [0.15, 0.2) is 0 Å². The van der Waals surface area contributed by atoms with E-state index in [2.05, 4.69) is 25.3 Å². The van der Waals surface area contributed by atoms with Crippen LogP contribution in [0.3, 0.4) is 0 Å². The lowest BCUT2D eigenvalue weighted by molar-refractivity contribution is -0.141. The number of hydrogen-bond acceptors (Lipinski definition) is 11. The molecule has 306 valence electrons. The normalized spacial score (nSPS) is 25.7. The fraction of sp³-hybridized carbons (Fsp3) is 0.475. The largest absolute Gasteiger partial charge is 0.497 e. The second kappa shape index (κ2) is 15.8. The van der Waals surface area contributed by atoms with Gasteiger partial charge in [-0.05, 0) is 82.7 Å². The number of allylic oxidation sites excluding steroid dienone is 1. The van der Waals surface area contributed by atoms with Crippen molar-refractivity contribution >= 4 is 45.0 Å². The van der Waals surface area contributed by atoms with Crippen LogP contribution in [-0.2, 0) is 24.4 Å². The van der Waals surface area contributed by atoms with E-state index in [1.165, 1.54) is 21.0 Å². The first-order chi connectivity index (χ1) is 27.9. The molecule has 4 aromatic rings. The molecule has 5 atom stereocenters. The first-order valence-electron chi connectivity index (χ1n) is 19.7. The number of aromatic nitrogens is 5. The number of nitrogens with one attached hydrogen (secondary N) is 4. The van der Waals surface area contributed by atoms with Gasteiger partial charge >= 0.3 is 0 Å². The van der Waals surface area contributed by atoms with Crippen LogP contribution in [-0.4, -0.2) is 98.4 Å². The molecule has 0 spiro atoms. The van der Waals surface area contributed by atoms with Crippen molar-refractivity contribution in [3.8, 4) is 27.7 Å². The number of nitrogens with zero attached hydrogens (tertiary/aromatic N) is 5. The second-order valence-electron chi connectivity index (χ2n) is 15.7. The summed E-state index contributed by atoms with van der Waals surface area (Å²) < 4.78 is 33.5. The molecule has 3 fully saturated rings. The minimum Gasteiger partial charge on any atom is -0.497 e. The minimum atomic E-state index is -3.91. The van der Waals surface area contributed by atoms with E-state index in [0.29, 0.717) is 65.5 Å². The first-order valence-corrected chi connectivity index (χ1v) is 22.1. The van der Waals surface area contributed by atoms with Crippen molar-refractivity contribution in [1.82, 2.24) is 45.2 Å². The molecule has 4 aliphatic rings. The molecule has 58 heavy (non-hydrogen) atoms. The molecule has 2 aliphatic carbocycles. The van der Waals surface area contributed by atoms with Gasteiger partial charge in [-0.25, -0.2) is 13.4 Å². The molecule has 8 rings (SSSR count). The molecule has 5 heterocycles. The molecule has 4 amide bonds. The zero-order valence-corrected chi connectivity index (χ0v) is 34.2. The Labute approximate surface area is 340 Å². The number of carbonyl (C=O) groups is 4. The van der Waals surface area contributed by atoms with Gasteiger partial charge in [-0.15, -0.1) is 16.4 Å². The van der Waals surface area contributed by atoms with Crippen LogP contribution < -0.4 is 20.1 Å². The number of carbonyl (C=O) groups excluding carboxylic acids is 4. The van der Waals surface area contributed by atoms with Crippen LogP contribution in [0.25, 0.3) is 22.0 Å². The zero-order chi connectivity index (χ0) is 40.8. The number of methoxy groups -OCH3 is 1. The van der Waals surface area contributed by atoms with Crippen molar-refractivity contribution < 1.29 is 32.3 Å². The number of aryl methyl sites for hydroxylation is 2. The number of rotatable bonds is 9. The highest BCUT2D eigenvalue weighted by molar-refractivity contribution is 7.91. The summed E-state index contributed by atoms with van der Waals surface area (Å²) in [6, 6.07) is 6.46. The minimum absolute atomic E-state index is 0.0260. The summed E-state index contributed by atoms with van der Waals surface area (Å²) in [7, 11) is -2.32. The maximum absolute atomic E-state index is 14.8. The van der Waals surface area contributed by atoms with Gasteiger partial charge in [0.05, 0.1) is 24.0 Å². The fourth-order valence-electron chi connectivity index (χ4n) is 8.05. The van der Waals surface area contributed by atoms with E-state index >= 15 is 0 Å². The highest BCUT2D eigenvalue weighted by atomic mass is 32.2. The number of fused-ring (bicyclic) bond motifs is 2. The van der Waals surface area contributed by atoms with Crippen LogP contribution in [0.1, 0.15) is 85.6 Å². The lowest BCUT2D eigenvalue weighted by Crippen LogP contribution is -2.58. The Morgan fingerprint density at radius 2 is 1.81 bits per heavy atom. The number of hydrogen-bond donors (Lipinski definition) is 4. The lowest BCUT2D eigenvalue weighted by atomic mass is 10.0. The molecule has 0 radical (unpaired) electrons. The smallest absolute Gasteiger partial charge is 0.259 e. The lowest BCUT2D eigenvalue weighted by Gasteiger charge is -2.30. The number of amides is 4. The van der Waals surface area contributed by atoms with Gasteiger partial charge in [0.1, 0.15) is 39.8 Å². The Bertz CT molecular complexity index is 2350. The van der Waals surface area contributed by atoms with Crippen molar-refractivity contribution in [2.45, 2.75) is 101 Å². The molecular formula is C40H47N9O7S2. The summed E-state index contributed by atoms with van der Waals surface area (Å²) >= 11 is 1.40. The molecule has 2 aliphatic heterocycles. The number of sulfonamides is 1. The molecule has 0 unspecified atom stereocenters. The van der Waals surface area contributed by atoms with E-state index in [-0.39, 0.29) is 19.4 Å². The van der Waals surface area contributed by atoms with Crippen molar-refractivity contribution in [2.75, 3.05) is 13.7 Å². The molecule has 3 aromatic heterocycles. The van der Waals surface area contributed by atoms with E-state index in [4.69, 9.17) is 14.9 Å². The summed E-state index contributed by atoms with van der Waals surface area (Å²) in [5, 5.41) is 17.6. The molecule has 2 saturated carbocycles. The Hall–Kier alpha value is -5.36. The molecule has 1 saturated heterocycles. The summed E-state index contributed by atoms with van der Waals surface area (Å²) in [6.45, 7) is 3.67. The number of ether oxygens (including phenoxy) is 1.